The summed E-state index contributed by atoms with van der Waals surface area (Å²) in [6, 6.07) is 11.0. The molecule has 0 heterocycles. The average molecular weight is 271 g/mol. The molecule has 0 spiro atoms. The van der Waals surface area contributed by atoms with Gasteiger partial charge in [-0.2, -0.15) is 0 Å². The van der Waals surface area contributed by atoms with Crippen LogP contribution in [0.5, 0.6) is 0 Å². The first-order chi connectivity index (χ1) is 9.65. The molecule has 3 rings (SSSR count). The van der Waals surface area contributed by atoms with Crippen LogP contribution in [0.15, 0.2) is 36.4 Å². The molecule has 0 aliphatic heterocycles. The van der Waals surface area contributed by atoms with Gasteiger partial charge in [0.15, 0.2) is 0 Å². The van der Waals surface area contributed by atoms with E-state index in [-0.39, 0.29) is 6.10 Å². The smallest absolute Gasteiger partial charge is 0.336 e. The van der Waals surface area contributed by atoms with Crippen molar-refractivity contribution in [2.45, 2.75) is 18.9 Å². The maximum absolute atomic E-state index is 11.2. The number of anilines is 1. The Labute approximate surface area is 117 Å². The van der Waals surface area contributed by atoms with Crippen LogP contribution in [0.2, 0.25) is 0 Å². The Bertz CT molecular complexity index is 647. The van der Waals surface area contributed by atoms with Gasteiger partial charge in [-0.25, -0.2) is 4.79 Å². The number of benzene rings is 2. The van der Waals surface area contributed by atoms with Gasteiger partial charge in [0.2, 0.25) is 0 Å². The molecular formula is C16H17NO3. The third-order valence-corrected chi connectivity index (χ3v) is 3.95. The lowest BCUT2D eigenvalue weighted by atomic mass is 9.82. The lowest BCUT2D eigenvalue weighted by Crippen LogP contribution is -2.33. The fourth-order valence-electron chi connectivity index (χ4n) is 2.76. The van der Waals surface area contributed by atoms with Crippen molar-refractivity contribution in [1.29, 1.82) is 0 Å². The van der Waals surface area contributed by atoms with Gasteiger partial charge in [-0.15, -0.1) is 0 Å². The van der Waals surface area contributed by atoms with Gasteiger partial charge in [0.25, 0.3) is 0 Å². The minimum absolute atomic E-state index is 0.145. The number of nitrogens with one attached hydrogen (secondary N) is 1. The normalized spacial score (nSPS) is 21.4. The second kappa shape index (κ2) is 5.13. The number of hydrogen-bond donors (Lipinski definition) is 3. The molecule has 0 atom stereocenters. The van der Waals surface area contributed by atoms with Crippen molar-refractivity contribution in [3.8, 4) is 0 Å². The van der Waals surface area contributed by atoms with Gasteiger partial charge < -0.3 is 15.5 Å². The lowest BCUT2D eigenvalue weighted by Gasteiger charge is -2.31. The zero-order valence-electron chi connectivity index (χ0n) is 11.0. The van der Waals surface area contributed by atoms with E-state index in [1.165, 1.54) is 0 Å². The second-order valence-electron chi connectivity index (χ2n) is 5.38. The Morgan fingerprint density at radius 2 is 1.85 bits per heavy atom. The summed E-state index contributed by atoms with van der Waals surface area (Å²) >= 11 is 0. The SMILES string of the molecule is O=C(O)c1ccc(NCC2CC(O)C2)c2ccccc12. The summed E-state index contributed by atoms with van der Waals surface area (Å²) in [6.07, 6.45) is 1.55. The summed E-state index contributed by atoms with van der Waals surface area (Å²) in [6.45, 7) is 0.813. The van der Waals surface area contributed by atoms with Crippen LogP contribution in [0.4, 0.5) is 5.69 Å². The molecule has 104 valence electrons. The average Bonchev–Trinajstić information content (AvgIpc) is 2.41. The fraction of sp³-hybridized carbons (Fsp3) is 0.312. The van der Waals surface area contributed by atoms with Crippen LogP contribution in [0.1, 0.15) is 23.2 Å². The van der Waals surface area contributed by atoms with Gasteiger partial charge in [-0.1, -0.05) is 24.3 Å². The van der Waals surface area contributed by atoms with Gasteiger partial charge in [0.1, 0.15) is 0 Å². The number of carboxylic acids is 1. The summed E-state index contributed by atoms with van der Waals surface area (Å²) in [7, 11) is 0. The highest BCUT2D eigenvalue weighted by Crippen LogP contribution is 2.30. The maximum Gasteiger partial charge on any atom is 0.336 e. The van der Waals surface area contributed by atoms with E-state index in [9.17, 15) is 15.0 Å². The molecule has 1 fully saturated rings. The summed E-state index contributed by atoms with van der Waals surface area (Å²) in [5, 5.41) is 23.6. The minimum Gasteiger partial charge on any atom is -0.478 e. The molecule has 0 aromatic heterocycles. The first-order valence-corrected chi connectivity index (χ1v) is 6.82. The molecule has 0 bridgehead atoms. The number of hydrogen-bond acceptors (Lipinski definition) is 3. The number of aromatic carboxylic acids is 1. The third kappa shape index (κ3) is 2.34. The number of carbonyl (C=O) groups is 1. The van der Waals surface area contributed by atoms with E-state index in [0.717, 1.165) is 35.8 Å². The van der Waals surface area contributed by atoms with Crippen LogP contribution in [0, 0.1) is 5.92 Å². The third-order valence-electron chi connectivity index (χ3n) is 3.95. The monoisotopic (exact) mass is 271 g/mol. The van der Waals surface area contributed by atoms with Crippen LogP contribution in [-0.2, 0) is 0 Å². The lowest BCUT2D eigenvalue weighted by molar-refractivity contribution is 0.0487. The molecule has 2 aromatic rings. The highest BCUT2D eigenvalue weighted by molar-refractivity contribution is 6.07. The minimum atomic E-state index is -0.908. The van der Waals surface area contributed by atoms with Crippen LogP contribution in [0.3, 0.4) is 0 Å². The van der Waals surface area contributed by atoms with Gasteiger partial charge in [0, 0.05) is 17.6 Å². The van der Waals surface area contributed by atoms with E-state index in [1.807, 2.05) is 30.3 Å². The number of aliphatic hydroxyl groups is 1. The Morgan fingerprint density at radius 3 is 2.50 bits per heavy atom. The standard InChI is InChI=1S/C16H17NO3/c18-11-7-10(8-11)9-17-15-6-5-14(16(19)20)12-3-1-2-4-13(12)15/h1-6,10-11,17-18H,7-9H2,(H,19,20). The Kier molecular flexibility index (Phi) is 3.32. The second-order valence-corrected chi connectivity index (χ2v) is 5.38. The summed E-state index contributed by atoms with van der Waals surface area (Å²) < 4.78 is 0. The zero-order chi connectivity index (χ0) is 14.1. The maximum atomic E-state index is 11.2. The molecule has 1 aliphatic carbocycles. The van der Waals surface area contributed by atoms with E-state index >= 15 is 0 Å². The van der Waals surface area contributed by atoms with Crippen LogP contribution >= 0.6 is 0 Å². The molecule has 0 radical (unpaired) electrons. The predicted octanol–water partition coefficient (Wildman–Crippen LogP) is 2.72. The highest BCUT2D eigenvalue weighted by Gasteiger charge is 2.26. The molecule has 0 amide bonds. The fourth-order valence-corrected chi connectivity index (χ4v) is 2.76. The predicted molar refractivity (Wildman–Crippen MR) is 78.1 cm³/mol. The summed E-state index contributed by atoms with van der Waals surface area (Å²) in [5.41, 5.74) is 1.28. The number of aliphatic hydroxyl groups excluding tert-OH is 1. The highest BCUT2D eigenvalue weighted by atomic mass is 16.4. The first kappa shape index (κ1) is 12.9. The number of rotatable bonds is 4. The molecular weight excluding hydrogens is 254 g/mol. The first-order valence-electron chi connectivity index (χ1n) is 6.82. The van der Waals surface area contributed by atoms with Crippen molar-refractivity contribution in [2.24, 2.45) is 5.92 Å². The van der Waals surface area contributed by atoms with Gasteiger partial charge in [0.05, 0.1) is 11.7 Å². The topological polar surface area (TPSA) is 69.6 Å². The van der Waals surface area contributed by atoms with E-state index in [2.05, 4.69) is 5.32 Å². The molecule has 4 nitrogen and oxygen atoms in total. The number of fused-ring (bicyclic) bond motifs is 1. The Morgan fingerprint density at radius 1 is 1.15 bits per heavy atom. The van der Waals surface area contributed by atoms with Crippen LogP contribution in [0.25, 0.3) is 10.8 Å². The van der Waals surface area contributed by atoms with Crippen molar-refractivity contribution >= 4 is 22.4 Å². The van der Waals surface area contributed by atoms with Gasteiger partial charge >= 0.3 is 5.97 Å². The van der Waals surface area contributed by atoms with E-state index in [4.69, 9.17) is 0 Å². The molecule has 0 saturated heterocycles. The van der Waals surface area contributed by atoms with E-state index < -0.39 is 5.97 Å². The number of carboxylic acid groups (broad SMARTS) is 1. The van der Waals surface area contributed by atoms with Crippen LogP contribution < -0.4 is 5.32 Å². The van der Waals surface area contributed by atoms with E-state index in [0.29, 0.717) is 11.5 Å². The Balaban J connectivity index is 1.88. The quantitative estimate of drug-likeness (QED) is 0.799. The van der Waals surface area contributed by atoms with Crippen molar-refractivity contribution in [3.63, 3.8) is 0 Å². The largest absolute Gasteiger partial charge is 0.478 e. The molecule has 4 heteroatoms. The van der Waals surface area contributed by atoms with Crippen molar-refractivity contribution in [1.82, 2.24) is 0 Å². The molecule has 2 aromatic carbocycles. The van der Waals surface area contributed by atoms with Gasteiger partial charge in [-0.05, 0) is 36.3 Å². The molecule has 3 N–H and O–H groups in total. The molecule has 1 saturated carbocycles. The summed E-state index contributed by atoms with van der Waals surface area (Å²) in [4.78, 5) is 11.2. The van der Waals surface area contributed by atoms with E-state index in [1.54, 1.807) is 6.07 Å². The van der Waals surface area contributed by atoms with Crippen molar-refractivity contribution in [2.75, 3.05) is 11.9 Å². The summed E-state index contributed by atoms with van der Waals surface area (Å²) in [5.74, 6) is -0.405. The molecule has 1 aliphatic rings. The Hall–Kier alpha value is -2.07. The van der Waals surface area contributed by atoms with Crippen molar-refractivity contribution < 1.29 is 15.0 Å². The molecule has 20 heavy (non-hydrogen) atoms. The van der Waals surface area contributed by atoms with Crippen molar-refractivity contribution in [3.05, 3.63) is 42.0 Å². The van der Waals surface area contributed by atoms with Crippen LogP contribution in [-0.4, -0.2) is 28.8 Å². The van der Waals surface area contributed by atoms with Gasteiger partial charge in [-0.3, -0.25) is 0 Å². The molecule has 0 unspecified atom stereocenters. The zero-order valence-corrected chi connectivity index (χ0v) is 11.0.